The Kier molecular flexibility index (Phi) is 6.28. The molecule has 8 heteroatoms. The Morgan fingerprint density at radius 2 is 1.89 bits per heavy atom. The molecule has 1 saturated heterocycles. The quantitative estimate of drug-likeness (QED) is 0.734. The Hall–Kier alpha value is -2.61. The van der Waals surface area contributed by atoms with Crippen LogP contribution in [0.5, 0.6) is 11.5 Å². The van der Waals surface area contributed by atoms with E-state index < -0.39 is 0 Å². The van der Waals surface area contributed by atoms with Crippen LogP contribution in [0, 0.1) is 0 Å². The molecule has 1 fully saturated rings. The average Bonchev–Trinajstić information content (AvgIpc) is 3.23. The Bertz CT molecular complexity index is 742. The number of amides is 1. The van der Waals surface area contributed by atoms with Crippen LogP contribution in [-0.2, 0) is 11.3 Å². The second-order valence-corrected chi connectivity index (χ2v) is 6.77. The monoisotopic (exact) mass is 373 g/mol. The Balaban J connectivity index is 1.49. The molecule has 0 N–H and O–H groups in total. The van der Waals surface area contributed by atoms with Gasteiger partial charge in [-0.15, -0.1) is 0 Å². The van der Waals surface area contributed by atoms with Gasteiger partial charge in [0.1, 0.15) is 12.7 Å². The maximum atomic E-state index is 12.5. The molecule has 0 saturated carbocycles. The van der Waals surface area contributed by atoms with E-state index in [1.165, 1.54) is 11.9 Å². The highest BCUT2D eigenvalue weighted by molar-refractivity contribution is 5.76. The summed E-state index contributed by atoms with van der Waals surface area (Å²) in [4.78, 5) is 20.8. The standard InChI is InChI=1S/C19H27N5O3/c1-15(24-14-20-13-21-24)10-19(25)23-8-6-22(7-9-23)12-16-4-5-17(26-2)18(11-16)27-3/h4-5,11,13-15H,6-10,12H2,1-3H3. The van der Waals surface area contributed by atoms with E-state index in [4.69, 9.17) is 9.47 Å². The predicted octanol–water partition coefficient (Wildman–Crippen LogP) is 1.59. The minimum Gasteiger partial charge on any atom is -0.493 e. The van der Waals surface area contributed by atoms with Gasteiger partial charge in [0.05, 0.1) is 20.3 Å². The van der Waals surface area contributed by atoms with Crippen molar-refractivity contribution in [2.45, 2.75) is 25.9 Å². The highest BCUT2D eigenvalue weighted by atomic mass is 16.5. The Morgan fingerprint density at radius 3 is 2.52 bits per heavy atom. The lowest BCUT2D eigenvalue weighted by atomic mass is 10.1. The van der Waals surface area contributed by atoms with Gasteiger partial charge in [0, 0.05) is 39.1 Å². The highest BCUT2D eigenvalue weighted by Gasteiger charge is 2.23. The molecule has 1 aromatic carbocycles. The van der Waals surface area contributed by atoms with Crippen molar-refractivity contribution in [1.82, 2.24) is 24.6 Å². The first kappa shape index (κ1) is 19.2. The molecule has 1 aromatic heterocycles. The lowest BCUT2D eigenvalue weighted by molar-refractivity contribution is -0.133. The fraction of sp³-hybridized carbons (Fsp3) is 0.526. The highest BCUT2D eigenvalue weighted by Crippen LogP contribution is 2.28. The van der Waals surface area contributed by atoms with Gasteiger partial charge < -0.3 is 14.4 Å². The molecule has 1 aliphatic rings. The second-order valence-electron chi connectivity index (χ2n) is 6.77. The van der Waals surface area contributed by atoms with Crippen LogP contribution in [0.25, 0.3) is 0 Å². The van der Waals surface area contributed by atoms with Crippen molar-refractivity contribution >= 4 is 5.91 Å². The van der Waals surface area contributed by atoms with E-state index >= 15 is 0 Å². The first-order valence-corrected chi connectivity index (χ1v) is 9.16. The topological polar surface area (TPSA) is 72.7 Å². The molecule has 146 valence electrons. The van der Waals surface area contributed by atoms with Crippen LogP contribution in [-0.4, -0.2) is 70.9 Å². The van der Waals surface area contributed by atoms with Gasteiger partial charge in [-0.2, -0.15) is 5.10 Å². The first-order chi connectivity index (χ1) is 13.1. The summed E-state index contributed by atoms with van der Waals surface area (Å²) in [6.45, 7) is 6.03. The van der Waals surface area contributed by atoms with Crippen LogP contribution in [0.3, 0.4) is 0 Å². The lowest BCUT2D eigenvalue weighted by Crippen LogP contribution is -2.48. The molecule has 0 radical (unpaired) electrons. The zero-order valence-corrected chi connectivity index (χ0v) is 16.2. The number of rotatable bonds is 7. The van der Waals surface area contributed by atoms with E-state index in [-0.39, 0.29) is 11.9 Å². The van der Waals surface area contributed by atoms with Gasteiger partial charge in [0.15, 0.2) is 11.5 Å². The summed E-state index contributed by atoms with van der Waals surface area (Å²) in [5, 5.41) is 4.11. The van der Waals surface area contributed by atoms with E-state index in [0.717, 1.165) is 44.2 Å². The van der Waals surface area contributed by atoms with Crippen LogP contribution in [0.1, 0.15) is 24.9 Å². The molecule has 0 bridgehead atoms. The van der Waals surface area contributed by atoms with Gasteiger partial charge in [-0.3, -0.25) is 9.69 Å². The van der Waals surface area contributed by atoms with Crippen molar-refractivity contribution in [1.29, 1.82) is 0 Å². The van der Waals surface area contributed by atoms with Crippen molar-refractivity contribution in [2.75, 3.05) is 40.4 Å². The van der Waals surface area contributed by atoms with Gasteiger partial charge >= 0.3 is 0 Å². The molecule has 1 amide bonds. The third-order valence-corrected chi connectivity index (χ3v) is 4.94. The van der Waals surface area contributed by atoms with Gasteiger partial charge in [0.2, 0.25) is 5.91 Å². The van der Waals surface area contributed by atoms with Crippen molar-refractivity contribution in [2.24, 2.45) is 0 Å². The summed E-state index contributed by atoms with van der Waals surface area (Å²) in [5.74, 6) is 1.65. The van der Waals surface area contributed by atoms with E-state index in [1.54, 1.807) is 25.2 Å². The fourth-order valence-corrected chi connectivity index (χ4v) is 3.31. The number of piperazine rings is 1. The van der Waals surface area contributed by atoms with Crippen LogP contribution >= 0.6 is 0 Å². The van der Waals surface area contributed by atoms with Crippen LogP contribution in [0.2, 0.25) is 0 Å². The van der Waals surface area contributed by atoms with Crippen LogP contribution in [0.15, 0.2) is 30.9 Å². The summed E-state index contributed by atoms with van der Waals surface area (Å²) >= 11 is 0. The molecular weight excluding hydrogens is 346 g/mol. The third kappa shape index (κ3) is 4.77. The average molecular weight is 373 g/mol. The largest absolute Gasteiger partial charge is 0.493 e. The molecule has 2 aromatic rings. The number of hydrogen-bond acceptors (Lipinski definition) is 6. The summed E-state index contributed by atoms with van der Waals surface area (Å²) in [7, 11) is 3.28. The first-order valence-electron chi connectivity index (χ1n) is 9.16. The zero-order chi connectivity index (χ0) is 19.2. The minimum atomic E-state index is 0.0183. The second kappa shape index (κ2) is 8.85. The molecular formula is C19H27N5O3. The molecule has 1 aliphatic heterocycles. The van der Waals surface area contributed by atoms with Crippen LogP contribution in [0.4, 0.5) is 0 Å². The van der Waals surface area contributed by atoms with Crippen molar-refractivity contribution in [3.63, 3.8) is 0 Å². The third-order valence-electron chi connectivity index (χ3n) is 4.94. The normalized spacial score (nSPS) is 16.2. The molecule has 1 unspecified atom stereocenters. The van der Waals surface area contributed by atoms with E-state index in [1.807, 2.05) is 24.0 Å². The molecule has 8 nitrogen and oxygen atoms in total. The van der Waals surface area contributed by atoms with Crippen molar-refractivity contribution in [3.05, 3.63) is 36.4 Å². The van der Waals surface area contributed by atoms with E-state index in [0.29, 0.717) is 6.42 Å². The molecule has 2 heterocycles. The number of hydrogen-bond donors (Lipinski definition) is 0. The Labute approximate surface area is 159 Å². The summed E-state index contributed by atoms with van der Waals surface area (Å²) in [6, 6.07) is 6.01. The Morgan fingerprint density at radius 1 is 1.15 bits per heavy atom. The number of carbonyl (C=O) groups excluding carboxylic acids is 1. The van der Waals surface area contributed by atoms with E-state index in [2.05, 4.69) is 21.0 Å². The number of methoxy groups -OCH3 is 2. The maximum Gasteiger partial charge on any atom is 0.224 e. The van der Waals surface area contributed by atoms with Gasteiger partial charge in [-0.05, 0) is 24.6 Å². The maximum absolute atomic E-state index is 12.5. The molecule has 3 rings (SSSR count). The van der Waals surface area contributed by atoms with Crippen LogP contribution < -0.4 is 9.47 Å². The number of ether oxygens (including phenoxy) is 2. The molecule has 0 spiro atoms. The molecule has 0 aliphatic carbocycles. The zero-order valence-electron chi connectivity index (χ0n) is 16.2. The minimum absolute atomic E-state index is 0.0183. The van der Waals surface area contributed by atoms with Gasteiger partial charge in [0.25, 0.3) is 0 Å². The lowest BCUT2D eigenvalue weighted by Gasteiger charge is -2.35. The summed E-state index contributed by atoms with van der Waals surface area (Å²) in [6.07, 6.45) is 3.59. The summed E-state index contributed by atoms with van der Waals surface area (Å²) < 4.78 is 12.4. The number of nitrogens with zero attached hydrogens (tertiary/aromatic N) is 5. The van der Waals surface area contributed by atoms with Gasteiger partial charge in [-0.1, -0.05) is 6.07 Å². The molecule has 1 atom stereocenters. The number of carbonyl (C=O) groups is 1. The summed E-state index contributed by atoms with van der Waals surface area (Å²) in [5.41, 5.74) is 1.17. The fourth-order valence-electron chi connectivity index (χ4n) is 3.31. The molecule has 27 heavy (non-hydrogen) atoms. The van der Waals surface area contributed by atoms with Gasteiger partial charge in [-0.25, -0.2) is 9.67 Å². The van der Waals surface area contributed by atoms with Crippen molar-refractivity contribution < 1.29 is 14.3 Å². The van der Waals surface area contributed by atoms with Crippen molar-refractivity contribution in [3.8, 4) is 11.5 Å². The van der Waals surface area contributed by atoms with E-state index in [9.17, 15) is 4.79 Å². The number of benzene rings is 1. The SMILES string of the molecule is COc1ccc(CN2CCN(C(=O)CC(C)n3cncn3)CC2)cc1OC. The smallest absolute Gasteiger partial charge is 0.224 e. The number of aromatic nitrogens is 3. The predicted molar refractivity (Wildman–Crippen MR) is 101 cm³/mol.